The van der Waals surface area contributed by atoms with E-state index >= 15 is 0 Å². The molecule has 88 valence electrons. The SMILES string of the molecule is OC(CNc1nc(Cl)c(Cl)cc1Cl)C1CC1. The summed E-state index contributed by atoms with van der Waals surface area (Å²) in [5.41, 5.74) is 0. The van der Waals surface area contributed by atoms with Crippen molar-refractivity contribution in [1.82, 2.24) is 4.98 Å². The zero-order chi connectivity index (χ0) is 11.7. The van der Waals surface area contributed by atoms with Crippen LogP contribution in [0.4, 0.5) is 5.82 Å². The molecule has 1 aromatic rings. The van der Waals surface area contributed by atoms with Gasteiger partial charge in [-0.25, -0.2) is 4.98 Å². The van der Waals surface area contributed by atoms with Gasteiger partial charge in [-0.05, 0) is 24.8 Å². The van der Waals surface area contributed by atoms with Crippen LogP contribution in [0.1, 0.15) is 12.8 Å². The van der Waals surface area contributed by atoms with Crippen LogP contribution in [0.2, 0.25) is 15.2 Å². The van der Waals surface area contributed by atoms with Crippen LogP contribution in [0.5, 0.6) is 0 Å². The number of pyridine rings is 1. The molecular formula is C10H11Cl3N2O. The molecule has 1 aliphatic carbocycles. The van der Waals surface area contributed by atoms with E-state index in [0.717, 1.165) is 12.8 Å². The van der Waals surface area contributed by atoms with Crippen molar-refractivity contribution < 1.29 is 5.11 Å². The highest BCUT2D eigenvalue weighted by molar-refractivity contribution is 6.42. The van der Waals surface area contributed by atoms with Crippen molar-refractivity contribution in [2.75, 3.05) is 11.9 Å². The van der Waals surface area contributed by atoms with Crippen molar-refractivity contribution in [2.45, 2.75) is 18.9 Å². The molecule has 0 spiro atoms. The number of aliphatic hydroxyl groups is 1. The summed E-state index contributed by atoms with van der Waals surface area (Å²) in [5, 5.41) is 13.6. The Morgan fingerprint density at radius 1 is 1.38 bits per heavy atom. The average Bonchev–Trinajstić information content (AvgIpc) is 3.04. The highest BCUT2D eigenvalue weighted by atomic mass is 35.5. The van der Waals surface area contributed by atoms with E-state index in [0.29, 0.717) is 28.3 Å². The standard InChI is InChI=1S/C10H11Cl3N2O/c11-6-3-7(12)10(15-9(6)13)14-4-8(16)5-1-2-5/h3,5,8,16H,1-2,4H2,(H,14,15). The molecule has 1 saturated carbocycles. The quantitative estimate of drug-likeness (QED) is 0.833. The maximum Gasteiger partial charge on any atom is 0.150 e. The summed E-state index contributed by atoms with van der Waals surface area (Å²) >= 11 is 17.5. The van der Waals surface area contributed by atoms with Crippen molar-refractivity contribution in [3.63, 3.8) is 0 Å². The largest absolute Gasteiger partial charge is 0.391 e. The molecular weight excluding hydrogens is 270 g/mol. The number of rotatable bonds is 4. The van der Waals surface area contributed by atoms with Gasteiger partial charge in [0.05, 0.1) is 16.1 Å². The molecule has 0 aromatic carbocycles. The molecule has 1 aliphatic rings. The molecule has 16 heavy (non-hydrogen) atoms. The molecule has 1 aromatic heterocycles. The van der Waals surface area contributed by atoms with Gasteiger partial charge in [-0.3, -0.25) is 0 Å². The predicted octanol–water partition coefficient (Wildman–Crippen LogP) is 3.22. The van der Waals surface area contributed by atoms with Crippen molar-refractivity contribution in [1.29, 1.82) is 0 Å². The van der Waals surface area contributed by atoms with Gasteiger partial charge in [0.2, 0.25) is 0 Å². The van der Waals surface area contributed by atoms with E-state index in [1.54, 1.807) is 0 Å². The molecule has 1 atom stereocenters. The Morgan fingerprint density at radius 3 is 2.69 bits per heavy atom. The number of nitrogens with one attached hydrogen (secondary N) is 1. The van der Waals surface area contributed by atoms with Crippen molar-refractivity contribution >= 4 is 40.6 Å². The van der Waals surface area contributed by atoms with Crippen molar-refractivity contribution in [3.8, 4) is 0 Å². The number of aromatic nitrogens is 1. The highest BCUT2D eigenvalue weighted by Gasteiger charge is 2.29. The zero-order valence-corrected chi connectivity index (χ0v) is 10.6. The minimum absolute atomic E-state index is 0.203. The lowest BCUT2D eigenvalue weighted by Crippen LogP contribution is -2.21. The summed E-state index contributed by atoms with van der Waals surface area (Å²) in [4.78, 5) is 4.00. The third-order valence-electron chi connectivity index (χ3n) is 2.53. The number of nitrogens with zero attached hydrogens (tertiary/aromatic N) is 1. The van der Waals surface area contributed by atoms with Crippen LogP contribution in [0.15, 0.2) is 6.07 Å². The number of anilines is 1. The zero-order valence-electron chi connectivity index (χ0n) is 8.38. The molecule has 1 unspecified atom stereocenters. The molecule has 1 heterocycles. The molecule has 2 N–H and O–H groups in total. The van der Waals surface area contributed by atoms with Crippen LogP contribution < -0.4 is 5.32 Å². The highest BCUT2D eigenvalue weighted by Crippen LogP contribution is 2.33. The van der Waals surface area contributed by atoms with E-state index in [2.05, 4.69) is 10.3 Å². The van der Waals surface area contributed by atoms with Gasteiger partial charge in [0.1, 0.15) is 11.0 Å². The van der Waals surface area contributed by atoms with E-state index < -0.39 is 0 Å². The first kappa shape index (κ1) is 12.2. The first-order valence-corrected chi connectivity index (χ1v) is 6.15. The maximum absolute atomic E-state index is 9.67. The van der Waals surface area contributed by atoms with Gasteiger partial charge >= 0.3 is 0 Å². The molecule has 3 nitrogen and oxygen atoms in total. The minimum Gasteiger partial charge on any atom is -0.391 e. The molecule has 0 aliphatic heterocycles. The Balaban J connectivity index is 2.00. The summed E-state index contributed by atoms with van der Waals surface area (Å²) in [6.07, 6.45) is 1.82. The predicted molar refractivity (Wildman–Crippen MR) is 66.5 cm³/mol. The fraction of sp³-hybridized carbons (Fsp3) is 0.500. The van der Waals surface area contributed by atoms with Gasteiger partial charge in [0.25, 0.3) is 0 Å². The van der Waals surface area contributed by atoms with Gasteiger partial charge in [-0.1, -0.05) is 34.8 Å². The molecule has 6 heteroatoms. The summed E-state index contributed by atoms with van der Waals surface area (Å²) < 4.78 is 0. The van der Waals surface area contributed by atoms with E-state index in [1.165, 1.54) is 6.07 Å². The second-order valence-corrected chi connectivity index (χ2v) is 5.05. The van der Waals surface area contributed by atoms with Gasteiger partial charge in [0.15, 0.2) is 0 Å². The number of hydrogen-bond donors (Lipinski definition) is 2. The Labute approximate surface area is 109 Å². The Morgan fingerprint density at radius 2 is 2.06 bits per heavy atom. The number of aliphatic hydroxyl groups excluding tert-OH is 1. The second-order valence-electron chi connectivity index (χ2n) is 3.88. The molecule has 0 saturated heterocycles. The Bertz CT molecular complexity index is 396. The van der Waals surface area contributed by atoms with E-state index in [-0.39, 0.29) is 11.3 Å². The fourth-order valence-corrected chi connectivity index (χ4v) is 1.98. The van der Waals surface area contributed by atoms with Crippen LogP contribution in [0, 0.1) is 5.92 Å². The topological polar surface area (TPSA) is 45.1 Å². The lowest BCUT2D eigenvalue weighted by molar-refractivity contribution is 0.164. The van der Waals surface area contributed by atoms with Gasteiger partial charge in [-0.2, -0.15) is 0 Å². The molecule has 0 amide bonds. The summed E-state index contributed by atoms with van der Waals surface area (Å²) in [5.74, 6) is 0.866. The van der Waals surface area contributed by atoms with Crippen LogP contribution in [-0.2, 0) is 0 Å². The van der Waals surface area contributed by atoms with Gasteiger partial charge in [-0.15, -0.1) is 0 Å². The summed E-state index contributed by atoms with van der Waals surface area (Å²) in [6, 6.07) is 1.53. The molecule has 0 bridgehead atoms. The fourth-order valence-electron chi connectivity index (χ4n) is 1.42. The monoisotopic (exact) mass is 280 g/mol. The minimum atomic E-state index is -0.354. The normalized spacial score (nSPS) is 17.2. The third kappa shape index (κ3) is 2.92. The van der Waals surface area contributed by atoms with Crippen LogP contribution in [-0.4, -0.2) is 22.7 Å². The van der Waals surface area contributed by atoms with Gasteiger partial charge in [0, 0.05) is 6.54 Å². The molecule has 0 radical (unpaired) electrons. The Hall–Kier alpha value is -0.220. The van der Waals surface area contributed by atoms with Crippen LogP contribution >= 0.6 is 34.8 Å². The average molecular weight is 282 g/mol. The lowest BCUT2D eigenvalue weighted by Gasteiger charge is -2.12. The molecule has 2 rings (SSSR count). The smallest absolute Gasteiger partial charge is 0.150 e. The molecule has 1 fully saturated rings. The summed E-state index contributed by atoms with van der Waals surface area (Å²) in [7, 11) is 0. The van der Waals surface area contributed by atoms with Crippen molar-refractivity contribution in [2.24, 2.45) is 5.92 Å². The Kier molecular flexibility index (Phi) is 3.80. The number of hydrogen-bond acceptors (Lipinski definition) is 3. The van der Waals surface area contributed by atoms with E-state index in [9.17, 15) is 5.11 Å². The van der Waals surface area contributed by atoms with Gasteiger partial charge < -0.3 is 10.4 Å². The lowest BCUT2D eigenvalue weighted by atomic mass is 10.2. The first-order chi connectivity index (χ1) is 7.58. The summed E-state index contributed by atoms with van der Waals surface area (Å²) in [6.45, 7) is 0.426. The van der Waals surface area contributed by atoms with Crippen LogP contribution in [0.3, 0.4) is 0 Å². The van der Waals surface area contributed by atoms with Crippen molar-refractivity contribution in [3.05, 3.63) is 21.3 Å². The maximum atomic E-state index is 9.67. The van der Waals surface area contributed by atoms with E-state index in [1.807, 2.05) is 0 Å². The third-order valence-corrected chi connectivity index (χ3v) is 3.49. The second kappa shape index (κ2) is 4.96. The first-order valence-electron chi connectivity index (χ1n) is 5.01. The van der Waals surface area contributed by atoms with Crippen LogP contribution in [0.25, 0.3) is 0 Å². The number of halogens is 3. The van der Waals surface area contributed by atoms with E-state index in [4.69, 9.17) is 34.8 Å².